The van der Waals surface area contributed by atoms with Gasteiger partial charge in [0, 0.05) is 77.3 Å². The topological polar surface area (TPSA) is 92.0 Å². The third-order valence-electron chi connectivity index (χ3n) is 6.72. The van der Waals surface area contributed by atoms with Gasteiger partial charge in [0.05, 0.1) is 0 Å². The number of para-hydroxylation sites is 1. The second kappa shape index (κ2) is 11.5. The van der Waals surface area contributed by atoms with Gasteiger partial charge >= 0.3 is 0 Å². The molecule has 2 fully saturated rings. The molecule has 2 aromatic rings. The highest BCUT2D eigenvalue weighted by Crippen LogP contribution is 2.27. The number of nitrogens with zero attached hydrogens (tertiary/aromatic N) is 5. The van der Waals surface area contributed by atoms with Crippen molar-refractivity contribution >= 4 is 11.8 Å². The van der Waals surface area contributed by atoms with Crippen molar-refractivity contribution in [3.8, 4) is 5.75 Å². The maximum absolute atomic E-state index is 13.1. The summed E-state index contributed by atoms with van der Waals surface area (Å²) in [5.74, 6) is 2.09. The van der Waals surface area contributed by atoms with E-state index in [4.69, 9.17) is 9.26 Å². The predicted molar refractivity (Wildman–Crippen MR) is 126 cm³/mol. The van der Waals surface area contributed by atoms with E-state index in [2.05, 4.69) is 22.1 Å². The Kier molecular flexibility index (Phi) is 8.16. The average Bonchev–Trinajstić information content (AvgIpc) is 3.33. The highest BCUT2D eigenvalue weighted by Gasteiger charge is 2.35. The number of aryl methyl sites for hydroxylation is 2. The lowest BCUT2D eigenvalue weighted by Gasteiger charge is -2.40. The first kappa shape index (κ1) is 24.2. The minimum Gasteiger partial charge on any atom is -0.490 e. The van der Waals surface area contributed by atoms with Crippen LogP contribution in [-0.4, -0.2) is 89.1 Å². The number of ether oxygens (including phenoxy) is 1. The predicted octanol–water partition coefficient (Wildman–Crippen LogP) is 2.02. The summed E-state index contributed by atoms with van der Waals surface area (Å²) in [6, 6.07) is 9.72. The van der Waals surface area contributed by atoms with Crippen LogP contribution in [0, 0.1) is 5.92 Å². The van der Waals surface area contributed by atoms with E-state index in [0.717, 1.165) is 31.9 Å². The first-order chi connectivity index (χ1) is 16.5. The molecular formula is C25H35N5O4. The number of rotatable bonds is 8. The monoisotopic (exact) mass is 469 g/mol. The fraction of sp³-hybridized carbons (Fsp3) is 0.600. The molecule has 4 rings (SSSR count). The van der Waals surface area contributed by atoms with Crippen molar-refractivity contribution in [2.75, 3.05) is 46.3 Å². The molecule has 2 amide bonds. The second-order valence-electron chi connectivity index (χ2n) is 9.20. The van der Waals surface area contributed by atoms with E-state index in [1.165, 1.54) is 0 Å². The zero-order valence-corrected chi connectivity index (χ0v) is 20.2. The number of aromatic nitrogens is 2. The largest absolute Gasteiger partial charge is 0.490 e. The molecule has 34 heavy (non-hydrogen) atoms. The summed E-state index contributed by atoms with van der Waals surface area (Å²) in [5.41, 5.74) is 0. The van der Waals surface area contributed by atoms with Gasteiger partial charge in [-0.15, -0.1) is 0 Å². The molecule has 0 N–H and O–H groups in total. The van der Waals surface area contributed by atoms with Gasteiger partial charge in [-0.1, -0.05) is 30.3 Å². The lowest BCUT2D eigenvalue weighted by atomic mass is 9.90. The number of carbonyl (C=O) groups excluding carboxylic acids is 2. The Morgan fingerprint density at radius 2 is 1.82 bits per heavy atom. The van der Waals surface area contributed by atoms with Gasteiger partial charge in [0.25, 0.3) is 0 Å². The number of piperazine rings is 1. The smallest absolute Gasteiger partial charge is 0.227 e. The number of likely N-dealkylation sites (N-methyl/N-ethyl adjacent to an activating group) is 1. The Labute approximate surface area is 201 Å². The number of amides is 2. The molecule has 9 heteroatoms. The molecule has 0 unspecified atom stereocenters. The summed E-state index contributed by atoms with van der Waals surface area (Å²) >= 11 is 0. The number of hydrogen-bond acceptors (Lipinski definition) is 7. The molecule has 0 aliphatic carbocycles. The highest BCUT2D eigenvalue weighted by molar-refractivity contribution is 5.78. The van der Waals surface area contributed by atoms with Crippen molar-refractivity contribution in [3.05, 3.63) is 42.0 Å². The van der Waals surface area contributed by atoms with Crippen LogP contribution in [0.2, 0.25) is 0 Å². The van der Waals surface area contributed by atoms with E-state index < -0.39 is 0 Å². The Balaban J connectivity index is 1.38. The third kappa shape index (κ3) is 6.34. The molecule has 9 nitrogen and oxygen atoms in total. The van der Waals surface area contributed by atoms with Crippen LogP contribution in [-0.2, 0) is 22.4 Å². The Morgan fingerprint density at radius 3 is 2.53 bits per heavy atom. The van der Waals surface area contributed by atoms with Crippen LogP contribution in [0.5, 0.6) is 5.75 Å². The van der Waals surface area contributed by atoms with E-state index in [0.29, 0.717) is 56.9 Å². The van der Waals surface area contributed by atoms with Crippen molar-refractivity contribution in [1.82, 2.24) is 24.8 Å². The second-order valence-corrected chi connectivity index (χ2v) is 9.20. The molecule has 2 aliphatic heterocycles. The summed E-state index contributed by atoms with van der Waals surface area (Å²) < 4.78 is 11.5. The van der Waals surface area contributed by atoms with Crippen molar-refractivity contribution in [3.63, 3.8) is 0 Å². The maximum Gasteiger partial charge on any atom is 0.227 e. The fourth-order valence-electron chi connectivity index (χ4n) is 4.58. The van der Waals surface area contributed by atoms with Crippen LogP contribution in [0.25, 0.3) is 0 Å². The SMILES string of the molecule is CCc1noc(CCC(=O)N2CC[C@H](Oc3ccccc3)[C@@H](CC(=O)N3CCN(C)CC3)C2)n1. The molecule has 1 aromatic heterocycles. The molecule has 2 atom stereocenters. The minimum atomic E-state index is -0.106. The number of carbonyl (C=O) groups is 2. The summed E-state index contributed by atoms with van der Waals surface area (Å²) in [6.45, 7) is 6.36. The maximum atomic E-state index is 13.1. The van der Waals surface area contributed by atoms with Crippen LogP contribution < -0.4 is 4.74 Å². The van der Waals surface area contributed by atoms with Gasteiger partial charge in [0.2, 0.25) is 17.7 Å². The molecule has 2 aliphatic rings. The standard InChI is InChI=1S/C25H35N5O4/c1-3-22-26-23(34-27-22)9-10-24(31)30-12-11-21(33-20-7-5-4-6-8-20)19(18-30)17-25(32)29-15-13-28(2)14-16-29/h4-8,19,21H,3,9-18H2,1-2H3/t19-,21-/m0/s1. The number of piperidine rings is 1. The van der Waals surface area contributed by atoms with Gasteiger partial charge in [-0.2, -0.15) is 4.98 Å². The van der Waals surface area contributed by atoms with E-state index in [-0.39, 0.29) is 23.8 Å². The van der Waals surface area contributed by atoms with Gasteiger partial charge in [0.15, 0.2) is 5.82 Å². The first-order valence-corrected chi connectivity index (χ1v) is 12.3. The lowest BCUT2D eigenvalue weighted by molar-refractivity contribution is -0.140. The zero-order valence-electron chi connectivity index (χ0n) is 20.2. The minimum absolute atomic E-state index is 0.0476. The van der Waals surface area contributed by atoms with Crippen LogP contribution >= 0.6 is 0 Å². The summed E-state index contributed by atoms with van der Waals surface area (Å²) in [4.78, 5) is 36.4. The van der Waals surface area contributed by atoms with Gasteiger partial charge < -0.3 is 24.0 Å². The first-order valence-electron chi connectivity index (χ1n) is 12.3. The molecular weight excluding hydrogens is 434 g/mol. The van der Waals surface area contributed by atoms with Gasteiger partial charge in [0.1, 0.15) is 11.9 Å². The Morgan fingerprint density at radius 1 is 1.06 bits per heavy atom. The summed E-state index contributed by atoms with van der Waals surface area (Å²) in [5, 5.41) is 3.90. The Hall–Kier alpha value is -2.94. The lowest BCUT2D eigenvalue weighted by Crippen LogP contribution is -2.51. The van der Waals surface area contributed by atoms with Crippen molar-refractivity contribution in [2.45, 2.75) is 45.1 Å². The van der Waals surface area contributed by atoms with E-state index in [9.17, 15) is 9.59 Å². The Bertz CT molecular complexity index is 942. The van der Waals surface area contributed by atoms with Crippen molar-refractivity contribution in [1.29, 1.82) is 0 Å². The quantitative estimate of drug-likeness (QED) is 0.584. The fourth-order valence-corrected chi connectivity index (χ4v) is 4.58. The molecule has 0 spiro atoms. The van der Waals surface area contributed by atoms with Gasteiger partial charge in [-0.3, -0.25) is 9.59 Å². The molecule has 3 heterocycles. The zero-order chi connectivity index (χ0) is 23.9. The summed E-state index contributed by atoms with van der Waals surface area (Å²) in [6.07, 6.45) is 2.42. The molecule has 0 bridgehead atoms. The normalized spacial score (nSPS) is 21.5. The van der Waals surface area contributed by atoms with E-state index >= 15 is 0 Å². The van der Waals surface area contributed by atoms with E-state index in [1.54, 1.807) is 0 Å². The highest BCUT2D eigenvalue weighted by atomic mass is 16.5. The molecule has 184 valence electrons. The van der Waals surface area contributed by atoms with E-state index in [1.807, 2.05) is 47.1 Å². The van der Waals surface area contributed by atoms with Crippen molar-refractivity contribution in [2.24, 2.45) is 5.92 Å². The molecule has 1 aromatic carbocycles. The summed E-state index contributed by atoms with van der Waals surface area (Å²) in [7, 11) is 2.08. The third-order valence-corrected chi connectivity index (χ3v) is 6.72. The molecule has 0 radical (unpaired) electrons. The number of hydrogen-bond donors (Lipinski definition) is 0. The average molecular weight is 470 g/mol. The van der Waals surface area contributed by atoms with Crippen molar-refractivity contribution < 1.29 is 18.8 Å². The van der Waals surface area contributed by atoms with Gasteiger partial charge in [-0.05, 0) is 19.2 Å². The van der Waals surface area contributed by atoms with Crippen LogP contribution in [0.15, 0.2) is 34.9 Å². The van der Waals surface area contributed by atoms with Gasteiger partial charge in [-0.25, -0.2) is 0 Å². The van der Waals surface area contributed by atoms with Crippen LogP contribution in [0.3, 0.4) is 0 Å². The van der Waals surface area contributed by atoms with Crippen LogP contribution in [0.1, 0.15) is 37.9 Å². The molecule has 0 saturated carbocycles. The van der Waals surface area contributed by atoms with Crippen LogP contribution in [0.4, 0.5) is 0 Å². The molecule has 2 saturated heterocycles. The number of likely N-dealkylation sites (tertiary alicyclic amines) is 1. The number of benzene rings is 1.